The molecule has 10 aromatic carbocycles. The van der Waals surface area contributed by atoms with E-state index in [-0.39, 0.29) is 79.9 Å². The van der Waals surface area contributed by atoms with Gasteiger partial charge in [0.1, 0.15) is 6.61 Å². The van der Waals surface area contributed by atoms with Gasteiger partial charge in [-0.3, -0.25) is 43.6 Å². The number of hydrogen-bond donors (Lipinski definition) is 2. The van der Waals surface area contributed by atoms with Crippen LogP contribution in [0.5, 0.6) is 0 Å². The van der Waals surface area contributed by atoms with E-state index in [0.29, 0.717) is 73.3 Å². The lowest BCUT2D eigenvalue weighted by molar-refractivity contribution is -0.191. The normalized spacial score (nSPS) is 16.1. The summed E-state index contributed by atoms with van der Waals surface area (Å²) in [5.74, 6) is 25.4. The molecule has 1 fully saturated rings. The van der Waals surface area contributed by atoms with Gasteiger partial charge in [-0.05, 0) is 126 Å². The molecule has 7 amide bonds. The van der Waals surface area contributed by atoms with Crippen LogP contribution in [0.25, 0.3) is 0 Å². The fourth-order valence-corrected chi connectivity index (χ4v) is 16.3. The van der Waals surface area contributed by atoms with E-state index < -0.39 is 6.09 Å². The third kappa shape index (κ3) is 21.5. The van der Waals surface area contributed by atoms with Gasteiger partial charge >= 0.3 is 12.2 Å². The second kappa shape index (κ2) is 42.5. The Kier molecular flexibility index (Phi) is 29.0. The molecule has 19 rings (SSSR count). The van der Waals surface area contributed by atoms with E-state index in [2.05, 4.69) is 109 Å². The number of carbonyl (C=O) groups is 7. The summed E-state index contributed by atoms with van der Waals surface area (Å²) in [6.45, 7) is 8.39. The molecule has 9 aliphatic rings. The minimum atomic E-state index is -0.586. The number of fused-ring (bicyclic) bond motifs is 8. The van der Waals surface area contributed by atoms with Crippen LogP contribution in [-0.2, 0) is 46.7 Å². The standard InChI is InChI=1S/C34H28N4O6.C30H28N4O2.C20H16N2OS.C18H12N2O.CO2/c39-31-16-17-32(40)37(31)19-5-18-35-34(42)43-22-23-10-12-25(13-11-23)29-20-27(44-36-29)21-38-30-9-4-2-7-26(30)15-14-24-6-1-3-8-28(24)33(38)41;35-30-27-7-3-1-5-23(27)13-14-25-6-2-4-8-29(25)34(30)21-26-19-28(32-36-26)24-11-9-22(10-12-24)20-33-17-15-31-16-18-33;23-20-17-7-3-1-5-15(17)9-10-16-6-2-4-8-18(16)22(20)13-11-19-21-12-14-24-19;19-12-5-13-20-17-9-4-2-7-15(17)11-10-14-6-1-3-8-16(14)18(20)21;2-1-3/h1-4,6-13,16-17,27H,5,18-22H2,(H,35,42);1-12,26,31H,15-21H2;1-8H,11-14H2;1-4,6-9H,5,13H2;. The number of para-hydroxylation sites is 4. The maximum absolute atomic E-state index is 13.7. The number of carbonyl (C=O) groups excluding carboxylic acids is 9. The van der Waals surface area contributed by atoms with E-state index in [0.717, 1.165) is 151 Å². The minimum absolute atomic E-state index is 0.00986. The Morgan fingerprint density at radius 3 is 1.26 bits per heavy atom. The number of imide groups is 1. The smallest absolute Gasteiger partial charge is 0.407 e. The highest BCUT2D eigenvalue weighted by molar-refractivity contribution is 8.14. The number of alkyl carbamates (subject to hydrolysis) is 1. The van der Waals surface area contributed by atoms with Crippen molar-refractivity contribution in [1.82, 2.24) is 20.4 Å². The molecule has 634 valence electrons. The number of nitrogens with zero attached hydrogens (tertiary/aromatic N) is 10. The Labute approximate surface area is 744 Å². The van der Waals surface area contributed by atoms with E-state index in [1.807, 2.05) is 211 Å². The van der Waals surface area contributed by atoms with Crippen LogP contribution < -0.4 is 30.2 Å². The average molecular weight is 1710 g/mol. The monoisotopic (exact) mass is 1710 g/mol. The first-order valence-corrected chi connectivity index (χ1v) is 42.9. The van der Waals surface area contributed by atoms with Crippen molar-refractivity contribution < 1.29 is 57.6 Å². The predicted molar refractivity (Wildman–Crippen MR) is 489 cm³/mol. The van der Waals surface area contributed by atoms with Gasteiger partial charge in [0.2, 0.25) is 0 Å². The molecule has 25 heteroatoms. The Morgan fingerprint density at radius 2 is 0.844 bits per heavy atom. The third-order valence-corrected chi connectivity index (χ3v) is 22.9. The van der Waals surface area contributed by atoms with Gasteiger partial charge in [-0.25, -0.2) is 4.79 Å². The van der Waals surface area contributed by atoms with Crippen molar-refractivity contribution in [3.8, 4) is 53.4 Å². The molecule has 2 N–H and O–H groups in total. The SMILES string of the molecule is N#CCCN1C(=O)c2ccccc2C#Cc2ccccc21.O=C(NCCCN1C(=O)C=CC1=O)OCc1ccc(C2=NOC(CN3C(=O)c4ccccc4C#Cc4ccccc43)C2)cc1.O=C1c2ccccc2C#Cc2ccccc2N1CC1CC(c2ccc(CN3CCNCC3)cc2)=NO1.O=C1c2ccccc2C#Cc2ccccc2N1CCC1=NCCS1.O=C=O. The van der Waals surface area contributed by atoms with E-state index in [1.54, 1.807) is 38.6 Å². The van der Waals surface area contributed by atoms with Gasteiger partial charge in [0.05, 0.1) is 87.0 Å². The molecule has 9 aliphatic heterocycles. The van der Waals surface area contributed by atoms with Crippen molar-refractivity contribution in [2.75, 3.05) is 97.3 Å². The van der Waals surface area contributed by atoms with Crippen molar-refractivity contribution in [2.24, 2.45) is 15.3 Å². The number of aliphatic imine (C=N–C) groups is 1. The molecule has 24 nitrogen and oxygen atoms in total. The molecule has 2 unspecified atom stereocenters. The van der Waals surface area contributed by atoms with Crippen LogP contribution in [0, 0.1) is 58.7 Å². The highest BCUT2D eigenvalue weighted by Crippen LogP contribution is 2.34. The molecule has 0 radical (unpaired) electrons. The fourth-order valence-electron chi connectivity index (χ4n) is 15.4. The molecule has 0 bridgehead atoms. The summed E-state index contributed by atoms with van der Waals surface area (Å²) in [7, 11) is 0. The molecule has 0 aromatic heterocycles. The van der Waals surface area contributed by atoms with Crippen molar-refractivity contribution in [2.45, 2.75) is 57.5 Å². The summed E-state index contributed by atoms with van der Waals surface area (Å²) >= 11 is 1.79. The van der Waals surface area contributed by atoms with Crippen LogP contribution in [0.2, 0.25) is 0 Å². The van der Waals surface area contributed by atoms with Crippen molar-refractivity contribution >= 4 is 98.7 Å². The molecule has 0 spiro atoms. The van der Waals surface area contributed by atoms with Gasteiger partial charge in [-0.2, -0.15) is 14.9 Å². The summed E-state index contributed by atoms with van der Waals surface area (Å²) in [6, 6.07) is 78.7. The maximum Gasteiger partial charge on any atom is 0.407 e. The second-order valence-corrected chi connectivity index (χ2v) is 31.4. The minimum Gasteiger partial charge on any atom is -0.445 e. The lowest BCUT2D eigenvalue weighted by atomic mass is 10.00. The van der Waals surface area contributed by atoms with Crippen molar-refractivity contribution in [3.63, 3.8) is 0 Å². The molecular formula is C103H84N12O12S. The summed E-state index contributed by atoms with van der Waals surface area (Å²) < 4.78 is 5.28. The van der Waals surface area contributed by atoms with Crippen molar-refractivity contribution in [3.05, 3.63) is 344 Å². The highest BCUT2D eigenvalue weighted by atomic mass is 32.2. The molecular weight excluding hydrogens is 1630 g/mol. The lowest BCUT2D eigenvalue weighted by Gasteiger charge is -2.27. The number of nitriles is 1. The summed E-state index contributed by atoms with van der Waals surface area (Å²) in [5.41, 5.74) is 17.5. The largest absolute Gasteiger partial charge is 0.445 e. The van der Waals surface area contributed by atoms with Crippen LogP contribution in [0.15, 0.2) is 270 Å². The van der Waals surface area contributed by atoms with Gasteiger partial charge in [0, 0.05) is 147 Å². The Balaban J connectivity index is 0.000000135. The van der Waals surface area contributed by atoms with Crippen LogP contribution in [-0.4, -0.2) is 164 Å². The van der Waals surface area contributed by atoms with E-state index >= 15 is 0 Å². The second-order valence-electron chi connectivity index (χ2n) is 30.2. The number of ether oxygens (including phenoxy) is 1. The van der Waals surface area contributed by atoms with Gasteiger partial charge in [-0.15, -0.1) is 11.8 Å². The number of amides is 7. The van der Waals surface area contributed by atoms with E-state index in [9.17, 15) is 33.6 Å². The zero-order chi connectivity index (χ0) is 88.5. The zero-order valence-corrected chi connectivity index (χ0v) is 70.4. The first-order chi connectivity index (χ1) is 62.7. The van der Waals surface area contributed by atoms with E-state index in [1.165, 1.54) is 17.7 Å². The highest BCUT2D eigenvalue weighted by Gasteiger charge is 2.34. The third-order valence-electron chi connectivity index (χ3n) is 21.9. The number of piperazine rings is 1. The Bertz CT molecular complexity index is 6400. The number of nitrogens with one attached hydrogen (secondary N) is 2. The topological polar surface area (TPSA) is 286 Å². The van der Waals surface area contributed by atoms with E-state index in [4.69, 9.17) is 29.3 Å². The van der Waals surface area contributed by atoms with Crippen LogP contribution >= 0.6 is 11.8 Å². The Morgan fingerprint density at radius 1 is 0.469 bits per heavy atom. The molecule has 1 saturated heterocycles. The molecule has 2 atom stereocenters. The summed E-state index contributed by atoms with van der Waals surface area (Å²) in [5, 5.41) is 24.7. The summed E-state index contributed by atoms with van der Waals surface area (Å²) in [4.78, 5) is 131. The molecule has 9 heterocycles. The first-order valence-electron chi connectivity index (χ1n) is 41.9. The van der Waals surface area contributed by atoms with Crippen LogP contribution in [0.3, 0.4) is 0 Å². The Hall–Kier alpha value is -15.8. The maximum atomic E-state index is 13.7. The quantitative estimate of drug-likeness (QED) is 0.0432. The van der Waals surface area contributed by atoms with Gasteiger partial charge in [0.15, 0.2) is 12.2 Å². The fraction of sp³-hybridized carbons (Fsp3) is 0.204. The molecule has 0 aliphatic carbocycles. The lowest BCUT2D eigenvalue weighted by Crippen LogP contribution is -2.42. The molecule has 0 saturated carbocycles. The predicted octanol–water partition coefficient (Wildman–Crippen LogP) is 13.4. The van der Waals surface area contributed by atoms with Crippen LogP contribution in [0.1, 0.15) is 140 Å². The molecule has 10 aromatic rings. The average Bonchev–Trinajstić information content (AvgIpc) is 1.05. The van der Waals surface area contributed by atoms with Crippen LogP contribution in [0.4, 0.5) is 27.5 Å². The number of oxime groups is 2. The van der Waals surface area contributed by atoms with Gasteiger partial charge in [0.25, 0.3) is 35.4 Å². The number of thioether (sulfide) groups is 1. The van der Waals surface area contributed by atoms with Gasteiger partial charge < -0.3 is 44.6 Å². The zero-order valence-electron chi connectivity index (χ0n) is 69.6. The summed E-state index contributed by atoms with van der Waals surface area (Å²) in [6.07, 6.45) is 4.23. The first kappa shape index (κ1) is 87.1. The molecule has 128 heavy (non-hydrogen) atoms. The number of benzene rings is 10. The number of rotatable bonds is 19. The number of hydrogen-bond acceptors (Lipinski definition) is 19. The van der Waals surface area contributed by atoms with Crippen molar-refractivity contribution in [1.29, 1.82) is 5.26 Å². The van der Waals surface area contributed by atoms with Gasteiger partial charge in [-0.1, -0.05) is 203 Å². The number of anilines is 4.